The molecule has 126 valence electrons. The Hall–Kier alpha value is -1.96. The number of fused-ring (bicyclic) bond motifs is 1. The van der Waals surface area contributed by atoms with E-state index in [1.165, 1.54) is 31.4 Å². The normalized spacial score (nSPS) is 10.7. The SMILES string of the molecule is COC(=O)c1cc(S(=O)(=O)O)c2cc(C(=O)OC)ccc2c1.[Ni]. The summed E-state index contributed by atoms with van der Waals surface area (Å²) in [6.07, 6.45) is 0. The molecule has 2 rings (SSSR count). The number of esters is 2. The van der Waals surface area contributed by atoms with Gasteiger partial charge in [0.2, 0.25) is 0 Å². The molecule has 0 bridgehead atoms. The van der Waals surface area contributed by atoms with E-state index in [0.717, 1.165) is 13.2 Å². The Balaban J connectivity index is 0.00000264. The van der Waals surface area contributed by atoms with Gasteiger partial charge in [0.05, 0.1) is 25.3 Å². The first kappa shape index (κ1) is 19.1. The zero-order chi connectivity index (χ0) is 16.5. The average molecular weight is 383 g/mol. The fourth-order valence-corrected chi connectivity index (χ4v) is 2.75. The minimum absolute atomic E-state index is 0. The molecule has 0 unspecified atom stereocenters. The summed E-state index contributed by atoms with van der Waals surface area (Å²) < 4.78 is 41.6. The zero-order valence-corrected chi connectivity index (χ0v) is 13.8. The maximum atomic E-state index is 11.6. The van der Waals surface area contributed by atoms with Crippen LogP contribution >= 0.6 is 0 Å². The standard InChI is InChI=1S/C14H12O7S.Ni/c1-20-13(15)9-4-3-8-5-10(14(16)21-2)7-12(11(8)6-9)22(17,18)19;/h3-7H,1-2H3,(H,17,18,19);. The maximum absolute atomic E-state index is 11.6. The van der Waals surface area contributed by atoms with Crippen LogP contribution in [-0.2, 0) is 36.1 Å². The molecule has 0 amide bonds. The van der Waals surface area contributed by atoms with Gasteiger partial charge in [-0.05, 0) is 29.7 Å². The summed E-state index contributed by atoms with van der Waals surface area (Å²) in [5, 5.41) is 0.446. The minimum atomic E-state index is -4.60. The molecule has 23 heavy (non-hydrogen) atoms. The molecular weight excluding hydrogens is 371 g/mol. The van der Waals surface area contributed by atoms with Gasteiger partial charge in [0.25, 0.3) is 10.1 Å². The van der Waals surface area contributed by atoms with Crippen molar-refractivity contribution < 1.29 is 48.5 Å². The van der Waals surface area contributed by atoms with Crippen LogP contribution in [0.15, 0.2) is 35.2 Å². The molecule has 2 aromatic carbocycles. The van der Waals surface area contributed by atoms with Gasteiger partial charge < -0.3 is 9.47 Å². The summed E-state index contributed by atoms with van der Waals surface area (Å²) in [6.45, 7) is 0. The van der Waals surface area contributed by atoms with Crippen molar-refractivity contribution in [2.75, 3.05) is 14.2 Å². The molecule has 9 heteroatoms. The summed E-state index contributed by atoms with van der Waals surface area (Å²) in [5.74, 6) is -1.40. The van der Waals surface area contributed by atoms with E-state index in [1.54, 1.807) is 0 Å². The van der Waals surface area contributed by atoms with Crippen molar-refractivity contribution in [1.82, 2.24) is 0 Å². The third kappa shape index (κ3) is 3.87. The molecule has 0 aliphatic carbocycles. The first-order chi connectivity index (χ1) is 10.3. The number of hydrogen-bond acceptors (Lipinski definition) is 6. The molecule has 0 aliphatic rings. The van der Waals surface area contributed by atoms with Crippen molar-refractivity contribution in [2.45, 2.75) is 4.90 Å². The summed E-state index contributed by atoms with van der Waals surface area (Å²) in [7, 11) is -2.26. The fourth-order valence-electron chi connectivity index (χ4n) is 2.02. The van der Waals surface area contributed by atoms with E-state index in [-0.39, 0.29) is 33.0 Å². The summed E-state index contributed by atoms with van der Waals surface area (Å²) in [6, 6.07) is 6.53. The van der Waals surface area contributed by atoms with Gasteiger partial charge in [-0.1, -0.05) is 6.07 Å². The number of benzene rings is 2. The van der Waals surface area contributed by atoms with Crippen molar-refractivity contribution in [3.05, 3.63) is 41.5 Å². The van der Waals surface area contributed by atoms with Crippen molar-refractivity contribution in [3.63, 3.8) is 0 Å². The third-order valence-corrected chi connectivity index (χ3v) is 3.93. The van der Waals surface area contributed by atoms with Crippen LogP contribution in [0.3, 0.4) is 0 Å². The number of ether oxygens (including phenoxy) is 2. The predicted molar refractivity (Wildman–Crippen MR) is 76.4 cm³/mol. The summed E-state index contributed by atoms with van der Waals surface area (Å²) in [5.41, 5.74) is 0.0826. The van der Waals surface area contributed by atoms with Crippen LogP contribution < -0.4 is 0 Å². The molecule has 0 saturated heterocycles. The molecule has 1 N–H and O–H groups in total. The average Bonchev–Trinajstić information content (AvgIpc) is 2.50. The van der Waals surface area contributed by atoms with Gasteiger partial charge in [-0.15, -0.1) is 0 Å². The van der Waals surface area contributed by atoms with Crippen molar-refractivity contribution in [1.29, 1.82) is 0 Å². The largest absolute Gasteiger partial charge is 0.465 e. The van der Waals surface area contributed by atoms with Gasteiger partial charge in [-0.2, -0.15) is 8.42 Å². The Morgan fingerprint density at radius 1 is 0.957 bits per heavy atom. The molecule has 0 atom stereocenters. The Morgan fingerprint density at radius 3 is 2.04 bits per heavy atom. The van der Waals surface area contributed by atoms with Crippen LogP contribution in [0, 0.1) is 0 Å². The topological polar surface area (TPSA) is 107 Å². The van der Waals surface area contributed by atoms with Gasteiger partial charge in [-0.25, -0.2) is 9.59 Å². The van der Waals surface area contributed by atoms with E-state index in [4.69, 9.17) is 0 Å². The van der Waals surface area contributed by atoms with E-state index in [2.05, 4.69) is 9.47 Å². The summed E-state index contributed by atoms with van der Waals surface area (Å²) >= 11 is 0. The Bertz CT molecular complexity index is 874. The van der Waals surface area contributed by atoms with Crippen molar-refractivity contribution in [2.24, 2.45) is 0 Å². The number of carbonyl (C=O) groups is 2. The van der Waals surface area contributed by atoms with Gasteiger partial charge in [0.15, 0.2) is 0 Å². The Morgan fingerprint density at radius 2 is 1.52 bits per heavy atom. The van der Waals surface area contributed by atoms with E-state index in [0.29, 0.717) is 5.39 Å². The molecule has 0 aromatic heterocycles. The van der Waals surface area contributed by atoms with Crippen LogP contribution in [-0.4, -0.2) is 39.1 Å². The van der Waals surface area contributed by atoms with Gasteiger partial charge in [-0.3, -0.25) is 4.55 Å². The van der Waals surface area contributed by atoms with Crippen molar-refractivity contribution >= 4 is 32.8 Å². The van der Waals surface area contributed by atoms with Gasteiger partial charge >= 0.3 is 11.9 Å². The van der Waals surface area contributed by atoms with Crippen molar-refractivity contribution in [3.8, 4) is 0 Å². The minimum Gasteiger partial charge on any atom is -0.465 e. The van der Waals surface area contributed by atoms with E-state index in [1.807, 2.05) is 0 Å². The molecule has 0 saturated carbocycles. The third-order valence-electron chi connectivity index (χ3n) is 3.04. The molecule has 2 aromatic rings. The van der Waals surface area contributed by atoms with Crippen LogP contribution in [0.4, 0.5) is 0 Å². The van der Waals surface area contributed by atoms with Gasteiger partial charge in [0, 0.05) is 21.9 Å². The molecule has 0 heterocycles. The Kier molecular flexibility index (Phi) is 5.88. The molecule has 0 radical (unpaired) electrons. The molecule has 0 fully saturated rings. The number of methoxy groups -OCH3 is 2. The molecule has 0 spiro atoms. The van der Waals surface area contributed by atoms with E-state index in [9.17, 15) is 22.6 Å². The van der Waals surface area contributed by atoms with Crippen LogP contribution in [0.1, 0.15) is 20.7 Å². The van der Waals surface area contributed by atoms with E-state index >= 15 is 0 Å². The van der Waals surface area contributed by atoms with Crippen LogP contribution in [0.25, 0.3) is 10.8 Å². The second-order valence-electron chi connectivity index (χ2n) is 4.37. The van der Waals surface area contributed by atoms with Gasteiger partial charge in [0.1, 0.15) is 4.90 Å². The monoisotopic (exact) mass is 382 g/mol. The number of hydrogen-bond donors (Lipinski definition) is 1. The quantitative estimate of drug-likeness (QED) is 0.488. The first-order valence-corrected chi connectivity index (χ1v) is 7.44. The number of carbonyl (C=O) groups excluding carboxylic acids is 2. The second kappa shape index (κ2) is 7.08. The summed E-state index contributed by atoms with van der Waals surface area (Å²) in [4.78, 5) is 22.6. The van der Waals surface area contributed by atoms with Crippen LogP contribution in [0.5, 0.6) is 0 Å². The zero-order valence-electron chi connectivity index (χ0n) is 12.0. The number of rotatable bonds is 3. The molecule has 0 aliphatic heterocycles. The van der Waals surface area contributed by atoms with E-state index < -0.39 is 27.0 Å². The Labute approximate surface area is 142 Å². The molecular formula is C14H12NiO7S. The fraction of sp³-hybridized carbons (Fsp3) is 0.143. The van der Waals surface area contributed by atoms with Crippen LogP contribution in [0.2, 0.25) is 0 Å². The predicted octanol–water partition coefficient (Wildman–Crippen LogP) is 1.66. The smallest absolute Gasteiger partial charge is 0.337 e. The first-order valence-electron chi connectivity index (χ1n) is 6.00. The molecule has 7 nitrogen and oxygen atoms in total. The second-order valence-corrected chi connectivity index (χ2v) is 5.76. The maximum Gasteiger partial charge on any atom is 0.337 e.